The van der Waals surface area contributed by atoms with Crippen molar-refractivity contribution in [3.05, 3.63) is 11.8 Å². The van der Waals surface area contributed by atoms with Crippen LogP contribution < -0.4 is 0 Å². The zero-order valence-corrected chi connectivity index (χ0v) is 11.2. The van der Waals surface area contributed by atoms with E-state index in [9.17, 15) is 14.4 Å². The van der Waals surface area contributed by atoms with E-state index in [2.05, 4.69) is 0 Å². The fourth-order valence-corrected chi connectivity index (χ4v) is 1.78. The van der Waals surface area contributed by atoms with Crippen LogP contribution in [-0.4, -0.2) is 34.7 Å². The smallest absolute Gasteiger partial charge is 0.329 e. The van der Waals surface area contributed by atoms with E-state index in [0.717, 1.165) is 0 Å². The molecule has 0 spiro atoms. The van der Waals surface area contributed by atoms with Gasteiger partial charge < -0.3 is 9.64 Å². The Hall–Kier alpha value is -1.65. The minimum atomic E-state index is -0.634. The molecule has 18 heavy (non-hydrogen) atoms. The lowest BCUT2D eigenvalue weighted by Gasteiger charge is -2.32. The summed E-state index contributed by atoms with van der Waals surface area (Å²) in [5.41, 5.74) is -0.0706. The molecular weight excluding hydrogens is 234 g/mol. The van der Waals surface area contributed by atoms with E-state index in [4.69, 9.17) is 4.74 Å². The molecule has 0 aromatic carbocycles. The third-order valence-corrected chi connectivity index (χ3v) is 2.54. The number of esters is 1. The fourth-order valence-electron chi connectivity index (χ4n) is 1.78. The van der Waals surface area contributed by atoms with E-state index >= 15 is 0 Å². The SMILES string of the molecule is CC(=O)N1C=C(C=O)CCC1C(=O)OC(C)(C)C. The first-order chi connectivity index (χ1) is 8.24. The number of hydrogen-bond donors (Lipinski definition) is 0. The van der Waals surface area contributed by atoms with Gasteiger partial charge in [-0.3, -0.25) is 9.59 Å². The number of amides is 1. The minimum Gasteiger partial charge on any atom is -0.458 e. The van der Waals surface area contributed by atoms with Crippen molar-refractivity contribution in [3.8, 4) is 0 Å². The largest absolute Gasteiger partial charge is 0.458 e. The van der Waals surface area contributed by atoms with Crippen LogP contribution in [0.15, 0.2) is 11.8 Å². The molecule has 0 fully saturated rings. The Labute approximate surface area is 107 Å². The Morgan fingerprint density at radius 2 is 2.06 bits per heavy atom. The maximum absolute atomic E-state index is 12.0. The summed E-state index contributed by atoms with van der Waals surface area (Å²) in [4.78, 5) is 35.5. The van der Waals surface area contributed by atoms with Crippen molar-refractivity contribution >= 4 is 18.2 Å². The Morgan fingerprint density at radius 3 is 2.50 bits per heavy atom. The summed E-state index contributed by atoms with van der Waals surface area (Å²) in [6.45, 7) is 6.69. The Morgan fingerprint density at radius 1 is 1.44 bits per heavy atom. The number of rotatable bonds is 2. The number of aldehydes is 1. The Kier molecular flexibility index (Phi) is 4.27. The summed E-state index contributed by atoms with van der Waals surface area (Å²) in [7, 11) is 0. The van der Waals surface area contributed by atoms with E-state index in [1.54, 1.807) is 20.8 Å². The van der Waals surface area contributed by atoms with Crippen LogP contribution in [0.4, 0.5) is 0 Å². The molecule has 0 aromatic rings. The molecule has 1 rings (SSSR count). The van der Waals surface area contributed by atoms with Crippen molar-refractivity contribution in [2.24, 2.45) is 0 Å². The summed E-state index contributed by atoms with van der Waals surface area (Å²) in [5, 5.41) is 0. The molecule has 0 aromatic heterocycles. The molecule has 0 saturated heterocycles. The van der Waals surface area contributed by atoms with Crippen LogP contribution in [0.5, 0.6) is 0 Å². The third kappa shape index (κ3) is 3.68. The molecule has 1 aliphatic heterocycles. The van der Waals surface area contributed by atoms with Crippen molar-refractivity contribution in [2.75, 3.05) is 0 Å². The lowest BCUT2D eigenvalue weighted by Crippen LogP contribution is -2.45. The first-order valence-electron chi connectivity index (χ1n) is 5.92. The van der Waals surface area contributed by atoms with Gasteiger partial charge in [-0.1, -0.05) is 0 Å². The van der Waals surface area contributed by atoms with Gasteiger partial charge in [0.05, 0.1) is 0 Å². The van der Waals surface area contributed by atoms with Crippen molar-refractivity contribution in [1.82, 2.24) is 4.90 Å². The topological polar surface area (TPSA) is 63.7 Å². The van der Waals surface area contributed by atoms with E-state index in [-0.39, 0.29) is 5.91 Å². The maximum atomic E-state index is 12.0. The highest BCUT2D eigenvalue weighted by molar-refractivity contribution is 5.86. The molecule has 1 atom stereocenters. The summed E-state index contributed by atoms with van der Waals surface area (Å²) in [5.74, 6) is -0.705. The van der Waals surface area contributed by atoms with Crippen molar-refractivity contribution < 1.29 is 19.1 Å². The van der Waals surface area contributed by atoms with Crippen LogP contribution in [0.1, 0.15) is 40.5 Å². The lowest BCUT2D eigenvalue weighted by atomic mass is 10.0. The molecule has 1 unspecified atom stereocenters. The van der Waals surface area contributed by atoms with E-state index in [1.165, 1.54) is 18.0 Å². The molecule has 0 saturated carbocycles. The van der Waals surface area contributed by atoms with E-state index in [1.807, 2.05) is 0 Å². The van der Waals surface area contributed by atoms with E-state index in [0.29, 0.717) is 24.7 Å². The van der Waals surface area contributed by atoms with Gasteiger partial charge >= 0.3 is 5.97 Å². The van der Waals surface area contributed by atoms with Crippen LogP contribution in [0.2, 0.25) is 0 Å². The van der Waals surface area contributed by atoms with Gasteiger partial charge in [0, 0.05) is 18.7 Å². The summed E-state index contributed by atoms with van der Waals surface area (Å²) in [6, 6.07) is -0.634. The van der Waals surface area contributed by atoms with Gasteiger partial charge in [-0.25, -0.2) is 4.79 Å². The zero-order valence-electron chi connectivity index (χ0n) is 11.2. The molecule has 100 valence electrons. The first-order valence-corrected chi connectivity index (χ1v) is 5.92. The minimum absolute atomic E-state index is 0.273. The normalized spacial score (nSPS) is 20.1. The summed E-state index contributed by atoms with van der Waals surface area (Å²) >= 11 is 0. The number of carbonyl (C=O) groups is 3. The highest BCUT2D eigenvalue weighted by Gasteiger charge is 2.33. The average molecular weight is 253 g/mol. The Balaban J connectivity index is 2.88. The van der Waals surface area contributed by atoms with Crippen LogP contribution in [0.3, 0.4) is 0 Å². The highest BCUT2D eigenvalue weighted by atomic mass is 16.6. The number of carbonyl (C=O) groups excluding carboxylic acids is 3. The molecule has 5 heteroatoms. The summed E-state index contributed by atoms with van der Waals surface area (Å²) < 4.78 is 5.28. The van der Waals surface area contributed by atoms with Crippen molar-refractivity contribution in [2.45, 2.75) is 52.2 Å². The monoisotopic (exact) mass is 253 g/mol. The van der Waals surface area contributed by atoms with Gasteiger partial charge in [-0.15, -0.1) is 0 Å². The molecule has 0 aliphatic carbocycles. The zero-order chi connectivity index (χ0) is 13.9. The van der Waals surface area contributed by atoms with Crippen LogP contribution in [0.25, 0.3) is 0 Å². The molecule has 0 radical (unpaired) electrons. The second-order valence-corrected chi connectivity index (χ2v) is 5.34. The number of ether oxygens (including phenoxy) is 1. The highest BCUT2D eigenvalue weighted by Crippen LogP contribution is 2.22. The molecule has 0 N–H and O–H groups in total. The van der Waals surface area contributed by atoms with Crippen LogP contribution >= 0.6 is 0 Å². The average Bonchev–Trinajstić information content (AvgIpc) is 2.25. The summed E-state index contributed by atoms with van der Waals surface area (Å²) in [6.07, 6.45) is 3.05. The van der Waals surface area contributed by atoms with Gasteiger partial charge in [0.1, 0.15) is 17.9 Å². The fraction of sp³-hybridized carbons (Fsp3) is 0.615. The molecule has 1 amide bonds. The quantitative estimate of drug-likeness (QED) is 0.551. The van der Waals surface area contributed by atoms with Gasteiger partial charge in [0.2, 0.25) is 5.91 Å². The first kappa shape index (κ1) is 14.4. The molecule has 1 aliphatic rings. The predicted octanol–water partition coefficient (Wildman–Crippen LogP) is 1.42. The maximum Gasteiger partial charge on any atom is 0.329 e. The molecule has 0 bridgehead atoms. The standard InChI is InChI=1S/C13H19NO4/c1-9(16)14-7-10(8-15)5-6-11(14)12(17)18-13(2,3)4/h7-8,11H,5-6H2,1-4H3. The van der Waals surface area contributed by atoms with Gasteiger partial charge in [0.25, 0.3) is 0 Å². The number of nitrogens with zero attached hydrogens (tertiary/aromatic N) is 1. The molecule has 5 nitrogen and oxygen atoms in total. The second-order valence-electron chi connectivity index (χ2n) is 5.34. The molecule has 1 heterocycles. The number of hydrogen-bond acceptors (Lipinski definition) is 4. The van der Waals surface area contributed by atoms with Gasteiger partial charge in [-0.2, -0.15) is 0 Å². The number of allylic oxidation sites excluding steroid dienone is 1. The van der Waals surface area contributed by atoms with Crippen LogP contribution in [-0.2, 0) is 19.1 Å². The Bertz CT molecular complexity index is 392. The lowest BCUT2D eigenvalue weighted by molar-refractivity contribution is -0.163. The third-order valence-electron chi connectivity index (χ3n) is 2.54. The predicted molar refractivity (Wildman–Crippen MR) is 65.5 cm³/mol. The molecular formula is C13H19NO4. The van der Waals surface area contributed by atoms with Gasteiger partial charge in [0.15, 0.2) is 0 Å². The van der Waals surface area contributed by atoms with Crippen molar-refractivity contribution in [1.29, 1.82) is 0 Å². The van der Waals surface area contributed by atoms with Gasteiger partial charge in [-0.05, 0) is 33.6 Å². The van der Waals surface area contributed by atoms with E-state index < -0.39 is 17.6 Å². The van der Waals surface area contributed by atoms with Crippen LogP contribution in [0, 0.1) is 0 Å². The second kappa shape index (κ2) is 5.33. The van der Waals surface area contributed by atoms with Crippen molar-refractivity contribution in [3.63, 3.8) is 0 Å².